The van der Waals surface area contributed by atoms with Crippen LogP contribution in [0, 0.1) is 0 Å². The van der Waals surface area contributed by atoms with E-state index in [0.29, 0.717) is 0 Å². The second kappa shape index (κ2) is 11.8. The van der Waals surface area contributed by atoms with Crippen LogP contribution in [0.25, 0.3) is 78.1 Å². The molecule has 0 N–H and O–H groups in total. The number of rotatable bonds is 4. The fourth-order valence-corrected chi connectivity index (χ4v) is 10.4. The fraction of sp³-hybridized carbons (Fsp3) is 0.164. The topological polar surface area (TPSA) is 25.8 Å². The lowest BCUT2D eigenvalue weighted by atomic mass is 9.79. The van der Waals surface area contributed by atoms with Gasteiger partial charge in [0.25, 0.3) is 0 Å². The van der Waals surface area contributed by atoms with E-state index >= 15 is 0 Å². The summed E-state index contributed by atoms with van der Waals surface area (Å²) in [7, 11) is 0. The Morgan fingerprint density at radius 2 is 0.614 bits per heavy atom. The first-order chi connectivity index (χ1) is 27.5. The van der Waals surface area contributed by atoms with Crippen LogP contribution in [0.1, 0.15) is 74.9 Å². The minimum absolute atomic E-state index is 0.0215. The highest BCUT2D eigenvalue weighted by Crippen LogP contribution is 2.54. The molecule has 0 atom stereocenters. The van der Waals surface area contributed by atoms with Crippen molar-refractivity contribution in [2.24, 2.45) is 0 Å². The third kappa shape index (κ3) is 4.89. The van der Waals surface area contributed by atoms with Gasteiger partial charge in [0.05, 0.1) is 0 Å². The lowest BCUT2D eigenvalue weighted by molar-refractivity contribution is 0.659. The van der Waals surface area contributed by atoms with Crippen LogP contribution in [-0.2, 0) is 16.2 Å². The molecule has 11 rings (SSSR count). The number of hydrogen-bond donors (Lipinski definition) is 0. The minimum atomic E-state index is -0.144. The van der Waals surface area contributed by atoms with Gasteiger partial charge in [0.2, 0.25) is 0 Å². The Kier molecular flexibility index (Phi) is 7.03. The first-order valence-corrected chi connectivity index (χ1v) is 20.2. The van der Waals surface area contributed by atoms with Crippen LogP contribution in [0.4, 0.5) is 0 Å². The average molecular weight is 733 g/mol. The van der Waals surface area contributed by atoms with Crippen molar-refractivity contribution in [1.29, 1.82) is 0 Å². The molecule has 0 spiro atoms. The zero-order valence-electron chi connectivity index (χ0n) is 33.4. The molecule has 0 aliphatic heterocycles. The summed E-state index contributed by atoms with van der Waals surface area (Å²) in [6.07, 6.45) is 3.62. The quantitative estimate of drug-likeness (QED) is 0.180. The Hall–Kier alpha value is -6.38. The second-order valence-electron chi connectivity index (χ2n) is 17.9. The summed E-state index contributed by atoms with van der Waals surface area (Å²) < 4.78 is 0. The Morgan fingerprint density at radius 3 is 1.05 bits per heavy atom. The van der Waals surface area contributed by atoms with Gasteiger partial charge in [0.1, 0.15) is 0 Å². The first-order valence-electron chi connectivity index (χ1n) is 20.2. The standard InChI is InChI=1S/C55H44N2/c1-53(2)46-14-8-7-13-40(46)41-20-15-35(28-47(41)53)33-11-9-12-34(27-33)36-16-21-42-43-22-17-37(30-49(43)54(3,4)48(42)29-36)38-18-23-44-45-24-19-39(52-56-25-10-26-57-52)32-51(45)55(5,6)50(44)31-38/h7-32H,1-6H3. The molecular formula is C55H44N2. The van der Waals surface area contributed by atoms with Crippen molar-refractivity contribution in [2.75, 3.05) is 0 Å². The minimum Gasteiger partial charge on any atom is -0.237 e. The van der Waals surface area contributed by atoms with Crippen LogP contribution in [0.3, 0.4) is 0 Å². The molecule has 0 saturated heterocycles. The number of aromatic nitrogens is 2. The van der Waals surface area contributed by atoms with Crippen LogP contribution in [-0.4, -0.2) is 9.97 Å². The first kappa shape index (κ1) is 33.9. The van der Waals surface area contributed by atoms with E-state index in [0.717, 1.165) is 11.4 Å². The van der Waals surface area contributed by atoms with Gasteiger partial charge >= 0.3 is 0 Å². The molecule has 0 unspecified atom stereocenters. The molecule has 0 fully saturated rings. The summed E-state index contributed by atoms with van der Waals surface area (Å²) in [5.41, 5.74) is 24.6. The maximum atomic E-state index is 4.52. The molecule has 274 valence electrons. The van der Waals surface area contributed by atoms with Crippen molar-refractivity contribution in [2.45, 2.75) is 57.8 Å². The molecule has 7 aromatic carbocycles. The van der Waals surface area contributed by atoms with E-state index in [4.69, 9.17) is 0 Å². The molecule has 3 aliphatic rings. The molecule has 1 aromatic heterocycles. The van der Waals surface area contributed by atoms with E-state index in [2.05, 4.69) is 191 Å². The smallest absolute Gasteiger partial charge is 0.159 e. The Labute approximate surface area is 336 Å². The largest absolute Gasteiger partial charge is 0.237 e. The van der Waals surface area contributed by atoms with Gasteiger partial charge in [0, 0.05) is 34.2 Å². The number of hydrogen-bond acceptors (Lipinski definition) is 2. The highest BCUT2D eigenvalue weighted by molar-refractivity contribution is 5.89. The van der Waals surface area contributed by atoms with Crippen molar-refractivity contribution < 1.29 is 0 Å². The molecule has 1 heterocycles. The molecule has 0 amide bonds. The van der Waals surface area contributed by atoms with Gasteiger partial charge in [-0.25, -0.2) is 9.97 Å². The van der Waals surface area contributed by atoms with E-state index in [-0.39, 0.29) is 16.2 Å². The normalized spacial score (nSPS) is 15.6. The van der Waals surface area contributed by atoms with E-state index < -0.39 is 0 Å². The lowest BCUT2D eigenvalue weighted by Crippen LogP contribution is -2.15. The Bertz CT molecular complexity index is 2980. The summed E-state index contributed by atoms with van der Waals surface area (Å²) in [5, 5.41) is 0. The zero-order valence-corrected chi connectivity index (χ0v) is 33.4. The monoisotopic (exact) mass is 732 g/mol. The Balaban J connectivity index is 0.910. The average Bonchev–Trinajstić information content (AvgIpc) is 3.72. The highest BCUT2D eigenvalue weighted by Gasteiger charge is 2.39. The third-order valence-electron chi connectivity index (χ3n) is 13.6. The predicted molar refractivity (Wildman–Crippen MR) is 236 cm³/mol. The molecule has 0 bridgehead atoms. The lowest BCUT2D eigenvalue weighted by Gasteiger charge is -2.24. The molecule has 2 nitrogen and oxygen atoms in total. The van der Waals surface area contributed by atoms with Gasteiger partial charge in [0.15, 0.2) is 5.82 Å². The van der Waals surface area contributed by atoms with Gasteiger partial charge in [-0.15, -0.1) is 0 Å². The van der Waals surface area contributed by atoms with Gasteiger partial charge in [-0.1, -0.05) is 145 Å². The van der Waals surface area contributed by atoms with Crippen LogP contribution in [0.5, 0.6) is 0 Å². The van der Waals surface area contributed by atoms with Gasteiger partial charge in [-0.3, -0.25) is 0 Å². The zero-order chi connectivity index (χ0) is 38.8. The molecule has 8 aromatic rings. The third-order valence-corrected chi connectivity index (χ3v) is 13.6. The van der Waals surface area contributed by atoms with Gasteiger partial charge < -0.3 is 0 Å². The molecule has 3 aliphatic carbocycles. The summed E-state index contributed by atoms with van der Waals surface area (Å²) in [5.74, 6) is 0.765. The fourth-order valence-electron chi connectivity index (χ4n) is 10.4. The van der Waals surface area contributed by atoms with E-state index in [1.165, 1.54) is 100 Å². The summed E-state index contributed by atoms with van der Waals surface area (Å²) >= 11 is 0. The molecular weight excluding hydrogens is 689 g/mol. The molecule has 2 heteroatoms. The highest BCUT2D eigenvalue weighted by atomic mass is 14.8. The second-order valence-corrected chi connectivity index (χ2v) is 17.9. The molecule has 0 radical (unpaired) electrons. The van der Waals surface area contributed by atoms with Crippen molar-refractivity contribution in [3.63, 3.8) is 0 Å². The van der Waals surface area contributed by atoms with Crippen LogP contribution < -0.4 is 0 Å². The van der Waals surface area contributed by atoms with Crippen LogP contribution in [0.2, 0.25) is 0 Å². The van der Waals surface area contributed by atoms with Gasteiger partial charge in [-0.05, 0) is 143 Å². The predicted octanol–water partition coefficient (Wildman–Crippen LogP) is 14.1. The van der Waals surface area contributed by atoms with Crippen molar-refractivity contribution in [3.05, 3.63) is 191 Å². The van der Waals surface area contributed by atoms with Crippen LogP contribution >= 0.6 is 0 Å². The van der Waals surface area contributed by atoms with Crippen molar-refractivity contribution in [3.8, 4) is 78.1 Å². The Morgan fingerprint density at radius 1 is 0.281 bits per heavy atom. The summed E-state index contributed by atoms with van der Waals surface area (Å²) in [6.45, 7) is 14.2. The van der Waals surface area contributed by atoms with E-state index in [1.54, 1.807) is 0 Å². The SMILES string of the molecule is CC1(C)c2ccccc2-c2ccc(-c3cccc(-c4ccc5c(c4)C(C)(C)c4cc(-c6ccc7c(c6)C(C)(C)c6cc(-c8ncccn8)ccc6-7)ccc4-5)c3)cc21. The van der Waals surface area contributed by atoms with Crippen LogP contribution in [0.15, 0.2) is 158 Å². The number of nitrogens with zero attached hydrogens (tertiary/aromatic N) is 2. The molecule has 0 saturated carbocycles. The van der Waals surface area contributed by atoms with Crippen molar-refractivity contribution >= 4 is 0 Å². The van der Waals surface area contributed by atoms with E-state index in [9.17, 15) is 0 Å². The summed E-state index contributed by atoms with van der Waals surface area (Å²) in [4.78, 5) is 9.05. The maximum Gasteiger partial charge on any atom is 0.159 e. The van der Waals surface area contributed by atoms with Gasteiger partial charge in [-0.2, -0.15) is 0 Å². The number of fused-ring (bicyclic) bond motifs is 9. The molecule has 57 heavy (non-hydrogen) atoms. The van der Waals surface area contributed by atoms with E-state index in [1.807, 2.05) is 18.5 Å². The van der Waals surface area contributed by atoms with Crippen molar-refractivity contribution in [1.82, 2.24) is 9.97 Å². The summed E-state index contributed by atoms with van der Waals surface area (Å²) in [6, 6.07) is 54.9. The maximum absolute atomic E-state index is 4.52. The number of benzene rings is 7.